The minimum atomic E-state index is -0.984. The van der Waals surface area contributed by atoms with Crippen molar-refractivity contribution in [2.75, 3.05) is 20.2 Å². The van der Waals surface area contributed by atoms with Crippen molar-refractivity contribution in [3.63, 3.8) is 0 Å². The van der Waals surface area contributed by atoms with Crippen molar-refractivity contribution < 1.29 is 33.7 Å². The second-order valence-corrected chi connectivity index (χ2v) is 9.96. The van der Waals surface area contributed by atoms with Gasteiger partial charge >= 0.3 is 11.9 Å². The van der Waals surface area contributed by atoms with E-state index >= 15 is 0 Å². The van der Waals surface area contributed by atoms with Crippen LogP contribution in [0.2, 0.25) is 0 Å². The number of piperidine rings is 1. The van der Waals surface area contributed by atoms with Crippen LogP contribution in [0.1, 0.15) is 43.2 Å². The van der Waals surface area contributed by atoms with Crippen molar-refractivity contribution in [2.45, 2.75) is 61.7 Å². The lowest BCUT2D eigenvalue weighted by Crippen LogP contribution is -2.77. The van der Waals surface area contributed by atoms with Crippen LogP contribution in [0.25, 0.3) is 0 Å². The van der Waals surface area contributed by atoms with Gasteiger partial charge in [0.05, 0.1) is 18.6 Å². The molecule has 5 aliphatic rings. The molecule has 4 atom stereocenters. The van der Waals surface area contributed by atoms with E-state index < -0.39 is 29.1 Å². The largest absolute Gasteiger partial charge is 0.504 e. The third-order valence-electron chi connectivity index (χ3n) is 8.36. The van der Waals surface area contributed by atoms with Crippen LogP contribution in [0.15, 0.2) is 24.3 Å². The number of likely N-dealkylation sites (tertiary alicyclic amines) is 1. The van der Waals surface area contributed by atoms with Crippen molar-refractivity contribution in [3.8, 4) is 11.5 Å². The third-order valence-corrected chi connectivity index (χ3v) is 8.36. The standard InChI is InChI=1S/C25H27NO7/c1-31-19(29)6-7-20(30)33-25-9-8-17(28)23-24(25)10-11-26(13-14-2-3-14)18(25)12-15-4-5-16(27)22(32-23)21(15)24/h4-7,14,18,23,27H,2-3,8-13H2,1H3/b7-6+/t18-,23+,24+,25-/m1/s1. The second-order valence-electron chi connectivity index (χ2n) is 9.96. The Morgan fingerprint density at radius 1 is 1.24 bits per heavy atom. The highest BCUT2D eigenvalue weighted by Crippen LogP contribution is 2.66. The van der Waals surface area contributed by atoms with E-state index in [4.69, 9.17) is 9.47 Å². The average Bonchev–Trinajstić information content (AvgIpc) is 3.54. The number of hydrogen-bond acceptors (Lipinski definition) is 8. The first-order valence-electron chi connectivity index (χ1n) is 11.7. The molecule has 1 saturated heterocycles. The smallest absolute Gasteiger partial charge is 0.331 e. The Kier molecular flexibility index (Phi) is 4.43. The van der Waals surface area contributed by atoms with Crippen molar-refractivity contribution in [2.24, 2.45) is 5.92 Å². The lowest BCUT2D eigenvalue weighted by Gasteiger charge is -2.63. The van der Waals surface area contributed by atoms with Crippen molar-refractivity contribution in [1.82, 2.24) is 4.90 Å². The van der Waals surface area contributed by atoms with Crippen LogP contribution in [0.4, 0.5) is 0 Å². The van der Waals surface area contributed by atoms with Crippen molar-refractivity contribution in [3.05, 3.63) is 35.4 Å². The molecule has 174 valence electrons. The lowest BCUT2D eigenvalue weighted by atomic mass is 9.48. The summed E-state index contributed by atoms with van der Waals surface area (Å²) in [6.07, 6.45) is 5.65. The van der Waals surface area contributed by atoms with E-state index in [1.165, 1.54) is 20.0 Å². The van der Waals surface area contributed by atoms with E-state index in [0.29, 0.717) is 30.9 Å². The van der Waals surface area contributed by atoms with Crippen LogP contribution in [0.3, 0.4) is 0 Å². The second kappa shape index (κ2) is 7.06. The van der Waals surface area contributed by atoms with Crippen molar-refractivity contribution in [1.29, 1.82) is 0 Å². The van der Waals surface area contributed by atoms with Crippen LogP contribution in [0, 0.1) is 5.92 Å². The van der Waals surface area contributed by atoms with E-state index in [1.54, 1.807) is 6.07 Å². The molecule has 1 aromatic carbocycles. The van der Waals surface area contributed by atoms with Crippen molar-refractivity contribution >= 4 is 17.7 Å². The highest BCUT2D eigenvalue weighted by Gasteiger charge is 2.75. The number of phenols is 1. The fraction of sp³-hybridized carbons (Fsp3) is 0.560. The lowest BCUT2D eigenvalue weighted by molar-refractivity contribution is -0.212. The van der Waals surface area contributed by atoms with Gasteiger partial charge in [0.25, 0.3) is 0 Å². The summed E-state index contributed by atoms with van der Waals surface area (Å²) >= 11 is 0. The Bertz CT molecular complexity index is 1090. The van der Waals surface area contributed by atoms with Gasteiger partial charge in [0, 0.05) is 30.7 Å². The number of methoxy groups -OCH3 is 1. The minimum absolute atomic E-state index is 0.00926. The summed E-state index contributed by atoms with van der Waals surface area (Å²) < 4.78 is 17.1. The zero-order valence-corrected chi connectivity index (χ0v) is 18.5. The number of ketones is 1. The summed E-state index contributed by atoms with van der Waals surface area (Å²) in [5.41, 5.74) is 0.0427. The van der Waals surface area contributed by atoms with Gasteiger partial charge < -0.3 is 19.3 Å². The maximum absolute atomic E-state index is 13.1. The first kappa shape index (κ1) is 20.7. The monoisotopic (exact) mass is 453 g/mol. The summed E-state index contributed by atoms with van der Waals surface area (Å²) in [4.78, 5) is 40.2. The van der Waals surface area contributed by atoms with Crippen LogP contribution >= 0.6 is 0 Å². The van der Waals surface area contributed by atoms with Gasteiger partial charge in [-0.25, -0.2) is 9.59 Å². The van der Waals surface area contributed by atoms with Gasteiger partial charge in [-0.3, -0.25) is 9.69 Å². The van der Waals surface area contributed by atoms with E-state index in [1.807, 2.05) is 6.07 Å². The Morgan fingerprint density at radius 3 is 2.79 bits per heavy atom. The zero-order valence-electron chi connectivity index (χ0n) is 18.5. The van der Waals surface area contributed by atoms with E-state index in [0.717, 1.165) is 36.4 Å². The first-order valence-corrected chi connectivity index (χ1v) is 11.7. The summed E-state index contributed by atoms with van der Waals surface area (Å²) in [6.45, 7) is 1.72. The fourth-order valence-corrected chi connectivity index (χ4v) is 6.86. The predicted molar refractivity (Wildman–Crippen MR) is 115 cm³/mol. The zero-order chi connectivity index (χ0) is 23.0. The predicted octanol–water partition coefficient (Wildman–Crippen LogP) is 1.81. The number of benzene rings is 1. The maximum atomic E-state index is 13.1. The molecular formula is C25H27NO7. The molecule has 8 heteroatoms. The summed E-state index contributed by atoms with van der Waals surface area (Å²) in [7, 11) is 1.25. The number of carbonyl (C=O) groups is 3. The molecule has 2 bridgehead atoms. The normalized spacial score (nSPS) is 34.0. The van der Waals surface area contributed by atoms with Gasteiger partial charge in [-0.05, 0) is 56.2 Å². The number of Topliss-reactive ketones (excluding diaryl/α,β-unsaturated/α-hetero) is 1. The summed E-state index contributed by atoms with van der Waals surface area (Å²) in [5, 5.41) is 10.6. The SMILES string of the molecule is COC(=O)/C=C/C(=O)O[C@@]12CCC(=O)[C@@H]3Oc4c(O)ccc5c4[C@@]31CCN(CC1CC1)[C@@H]2C5. The maximum Gasteiger partial charge on any atom is 0.331 e. The number of phenolic OH excluding ortho intramolecular Hbond substituents is 1. The third kappa shape index (κ3) is 2.76. The fourth-order valence-electron chi connectivity index (χ4n) is 6.86. The molecule has 0 aromatic heterocycles. The number of rotatable bonds is 5. The van der Waals surface area contributed by atoms with Crippen LogP contribution in [-0.2, 0) is 35.7 Å². The van der Waals surface area contributed by atoms with Gasteiger partial charge in [-0.2, -0.15) is 0 Å². The molecule has 2 aliphatic heterocycles. The Morgan fingerprint density at radius 2 is 2.03 bits per heavy atom. The summed E-state index contributed by atoms with van der Waals surface area (Å²) in [6, 6.07) is 3.44. The molecule has 3 fully saturated rings. The molecular weight excluding hydrogens is 426 g/mol. The molecule has 6 rings (SSSR count). The molecule has 0 radical (unpaired) electrons. The minimum Gasteiger partial charge on any atom is -0.504 e. The molecule has 1 N–H and O–H groups in total. The number of carbonyl (C=O) groups excluding carboxylic acids is 3. The highest BCUT2D eigenvalue weighted by atomic mass is 16.6. The van der Waals surface area contributed by atoms with Gasteiger partial charge in [-0.15, -0.1) is 0 Å². The Labute approximate surface area is 191 Å². The average molecular weight is 453 g/mol. The molecule has 2 saturated carbocycles. The number of ether oxygens (including phenoxy) is 3. The number of esters is 2. The molecule has 1 spiro atoms. The Balaban J connectivity index is 1.50. The van der Waals surface area contributed by atoms with Crippen LogP contribution < -0.4 is 4.74 Å². The number of hydrogen-bond donors (Lipinski definition) is 1. The van der Waals surface area contributed by atoms with Crippen LogP contribution in [-0.4, -0.2) is 65.7 Å². The molecule has 8 nitrogen and oxygen atoms in total. The van der Waals surface area contributed by atoms with E-state index in [9.17, 15) is 19.5 Å². The highest BCUT2D eigenvalue weighted by molar-refractivity contribution is 5.93. The summed E-state index contributed by atoms with van der Waals surface area (Å²) in [5.74, 6) is -0.279. The topological polar surface area (TPSA) is 102 Å². The van der Waals surface area contributed by atoms with Gasteiger partial charge in [0.1, 0.15) is 5.60 Å². The number of aromatic hydroxyl groups is 1. The van der Waals surface area contributed by atoms with E-state index in [-0.39, 0.29) is 24.0 Å². The quantitative estimate of drug-likeness (QED) is 0.532. The Hall–Kier alpha value is -2.87. The molecule has 2 heterocycles. The molecule has 3 aliphatic carbocycles. The number of nitrogens with zero attached hydrogens (tertiary/aromatic N) is 1. The molecule has 0 amide bonds. The first-order chi connectivity index (χ1) is 15.9. The van der Waals surface area contributed by atoms with Gasteiger partial charge in [0.15, 0.2) is 23.4 Å². The van der Waals surface area contributed by atoms with Crippen LogP contribution in [0.5, 0.6) is 11.5 Å². The van der Waals surface area contributed by atoms with E-state index in [2.05, 4.69) is 9.64 Å². The van der Waals surface area contributed by atoms with Gasteiger partial charge in [0.2, 0.25) is 0 Å². The van der Waals surface area contributed by atoms with Gasteiger partial charge in [-0.1, -0.05) is 6.07 Å². The molecule has 33 heavy (non-hydrogen) atoms. The molecule has 1 aromatic rings. The molecule has 0 unspecified atom stereocenters.